The van der Waals surface area contributed by atoms with Crippen molar-refractivity contribution in [3.05, 3.63) is 35.9 Å². The summed E-state index contributed by atoms with van der Waals surface area (Å²) in [6.45, 7) is 13.1. The van der Waals surface area contributed by atoms with Gasteiger partial charge in [-0.15, -0.1) is 0 Å². The Hall–Kier alpha value is -3.43. The molecule has 0 spiro atoms. The van der Waals surface area contributed by atoms with Crippen molar-refractivity contribution >= 4 is 29.5 Å². The molecular weight excluding hydrogens is 510 g/mol. The Bertz CT molecular complexity index is 1030. The summed E-state index contributed by atoms with van der Waals surface area (Å²) < 4.78 is 0. The van der Waals surface area contributed by atoms with Gasteiger partial charge in [0, 0.05) is 6.42 Å². The van der Waals surface area contributed by atoms with Crippen LogP contribution in [0.5, 0.6) is 0 Å². The van der Waals surface area contributed by atoms with Gasteiger partial charge in [-0.2, -0.15) is 0 Å². The van der Waals surface area contributed by atoms with Crippen molar-refractivity contribution in [1.29, 1.82) is 0 Å². The minimum absolute atomic E-state index is 0.0665. The van der Waals surface area contributed by atoms with Crippen LogP contribution in [0.25, 0.3) is 0 Å². The number of benzene rings is 1. The van der Waals surface area contributed by atoms with Gasteiger partial charge in [-0.3, -0.25) is 24.0 Å². The lowest BCUT2D eigenvalue weighted by Gasteiger charge is -2.28. The Kier molecular flexibility index (Phi) is 12.6. The molecule has 1 saturated heterocycles. The fourth-order valence-corrected chi connectivity index (χ4v) is 4.69. The van der Waals surface area contributed by atoms with Crippen molar-refractivity contribution < 1.29 is 24.0 Å². The van der Waals surface area contributed by atoms with Gasteiger partial charge in [0.2, 0.25) is 29.5 Å². The highest BCUT2D eigenvalue weighted by molar-refractivity contribution is 5.98. The first-order valence-corrected chi connectivity index (χ1v) is 14.4. The molecule has 40 heavy (non-hydrogen) atoms. The van der Waals surface area contributed by atoms with E-state index < -0.39 is 59.7 Å². The monoisotopic (exact) mass is 557 g/mol. The van der Waals surface area contributed by atoms with Crippen molar-refractivity contribution in [2.24, 2.45) is 17.8 Å². The summed E-state index contributed by atoms with van der Waals surface area (Å²) in [7, 11) is 0. The number of rotatable bonds is 8. The summed E-state index contributed by atoms with van der Waals surface area (Å²) >= 11 is 0. The van der Waals surface area contributed by atoms with Gasteiger partial charge in [0.05, 0.1) is 0 Å². The molecule has 0 aliphatic carbocycles. The molecule has 5 amide bonds. The maximum atomic E-state index is 13.6. The average molecular weight is 558 g/mol. The lowest BCUT2D eigenvalue weighted by atomic mass is 9.98. The van der Waals surface area contributed by atoms with Crippen LogP contribution in [0.1, 0.15) is 73.3 Å². The van der Waals surface area contributed by atoms with E-state index in [1.165, 1.54) is 0 Å². The molecule has 1 fully saturated rings. The minimum atomic E-state index is -0.992. The average Bonchev–Trinajstić information content (AvgIpc) is 2.88. The van der Waals surface area contributed by atoms with Crippen LogP contribution in [-0.2, 0) is 30.4 Å². The summed E-state index contributed by atoms with van der Waals surface area (Å²) in [5.74, 6) is -2.66. The second kappa shape index (κ2) is 15.4. The fraction of sp³-hybridized carbons (Fsp3) is 0.633. The highest BCUT2D eigenvalue weighted by atomic mass is 16.2. The Labute approximate surface area is 238 Å². The molecule has 0 bridgehead atoms. The molecule has 1 aliphatic rings. The molecule has 5 N–H and O–H groups in total. The molecule has 0 aromatic heterocycles. The second-order valence-corrected chi connectivity index (χ2v) is 11.8. The normalized spacial score (nSPS) is 25.4. The molecule has 0 unspecified atom stereocenters. The molecule has 10 heteroatoms. The van der Waals surface area contributed by atoms with E-state index in [9.17, 15) is 24.0 Å². The van der Waals surface area contributed by atoms with E-state index in [1.54, 1.807) is 20.8 Å². The van der Waals surface area contributed by atoms with Crippen molar-refractivity contribution in [3.8, 4) is 0 Å². The zero-order chi connectivity index (χ0) is 30.0. The number of nitrogens with one attached hydrogen (secondary N) is 5. The molecule has 1 aromatic rings. The van der Waals surface area contributed by atoms with Gasteiger partial charge in [-0.05, 0) is 42.6 Å². The van der Waals surface area contributed by atoms with Crippen LogP contribution in [-0.4, -0.2) is 59.7 Å². The Morgan fingerprint density at radius 3 is 1.48 bits per heavy atom. The first-order chi connectivity index (χ1) is 18.8. The predicted octanol–water partition coefficient (Wildman–Crippen LogP) is 1.82. The summed E-state index contributed by atoms with van der Waals surface area (Å²) in [5, 5.41) is 14.0. The summed E-state index contributed by atoms with van der Waals surface area (Å²) in [6, 6.07) is 4.62. The largest absolute Gasteiger partial charge is 0.343 e. The van der Waals surface area contributed by atoms with Gasteiger partial charge >= 0.3 is 0 Å². The van der Waals surface area contributed by atoms with E-state index >= 15 is 0 Å². The lowest BCUT2D eigenvalue weighted by molar-refractivity contribution is -0.135. The lowest BCUT2D eigenvalue weighted by Crippen LogP contribution is -2.59. The molecule has 0 radical (unpaired) electrons. The van der Waals surface area contributed by atoms with Crippen LogP contribution in [0.4, 0.5) is 0 Å². The molecule has 10 nitrogen and oxygen atoms in total. The van der Waals surface area contributed by atoms with Crippen LogP contribution in [0.15, 0.2) is 30.3 Å². The van der Waals surface area contributed by atoms with Gasteiger partial charge in [0.1, 0.15) is 30.2 Å². The fourth-order valence-electron chi connectivity index (χ4n) is 4.69. The number of amides is 5. The van der Waals surface area contributed by atoms with Crippen LogP contribution in [0, 0.1) is 17.8 Å². The topological polar surface area (TPSA) is 146 Å². The van der Waals surface area contributed by atoms with E-state index in [1.807, 2.05) is 58.0 Å². The number of hydrogen-bond donors (Lipinski definition) is 5. The van der Waals surface area contributed by atoms with E-state index in [0.29, 0.717) is 19.3 Å². The van der Waals surface area contributed by atoms with E-state index in [4.69, 9.17) is 0 Å². The highest BCUT2D eigenvalue weighted by Gasteiger charge is 2.35. The van der Waals surface area contributed by atoms with E-state index in [-0.39, 0.29) is 24.2 Å². The van der Waals surface area contributed by atoms with Crippen LogP contribution in [0.2, 0.25) is 0 Å². The molecule has 0 saturated carbocycles. The summed E-state index contributed by atoms with van der Waals surface area (Å²) in [4.78, 5) is 67.1. The van der Waals surface area contributed by atoms with Crippen LogP contribution >= 0.6 is 0 Å². The van der Waals surface area contributed by atoms with E-state index in [0.717, 1.165) is 5.56 Å². The number of carbonyl (C=O) groups excluding carboxylic acids is 5. The standard InChI is InChI=1S/C30H47N5O5/c1-8-21-26(36)32-22(14-17(2)3)28(38)33-24(16-20-12-10-9-11-13-20)29(39)35-25(19(6)7)30(40)34-23(15-18(4)5)27(37)31-21/h9-13,17-19,21-25H,8,14-16H2,1-7H3,(H,31,37)(H,32,36)(H,33,38)(H,34,40)(H,35,39)/t21-,22-,23-,24-,25-/m0/s1. The van der Waals surface area contributed by atoms with Crippen molar-refractivity contribution in [1.82, 2.24) is 26.6 Å². The molecular formula is C30H47N5O5. The van der Waals surface area contributed by atoms with Gasteiger partial charge in [0.15, 0.2) is 0 Å². The SMILES string of the molecule is CC[C@@H]1NC(=O)[C@H](CC(C)C)NC(=O)[C@H](C(C)C)NC(=O)[C@H](Cc2ccccc2)NC(=O)[C@H](CC(C)C)NC1=O. The Morgan fingerprint density at radius 1 is 0.575 bits per heavy atom. The Balaban J connectivity index is 2.54. The molecule has 2 rings (SSSR count). The highest BCUT2D eigenvalue weighted by Crippen LogP contribution is 2.12. The van der Waals surface area contributed by atoms with Gasteiger partial charge < -0.3 is 26.6 Å². The van der Waals surface area contributed by atoms with Gasteiger partial charge in [-0.1, -0.05) is 78.8 Å². The molecule has 1 aromatic carbocycles. The van der Waals surface area contributed by atoms with Gasteiger partial charge in [0.25, 0.3) is 0 Å². The Morgan fingerprint density at radius 2 is 1.00 bits per heavy atom. The third-order valence-electron chi connectivity index (χ3n) is 6.88. The predicted molar refractivity (Wildman–Crippen MR) is 154 cm³/mol. The zero-order valence-corrected chi connectivity index (χ0v) is 24.9. The van der Waals surface area contributed by atoms with Crippen molar-refractivity contribution in [2.75, 3.05) is 0 Å². The molecule has 5 atom stereocenters. The van der Waals surface area contributed by atoms with Crippen LogP contribution in [0.3, 0.4) is 0 Å². The van der Waals surface area contributed by atoms with E-state index in [2.05, 4.69) is 26.6 Å². The molecule has 222 valence electrons. The molecule has 1 heterocycles. The maximum absolute atomic E-state index is 13.6. The van der Waals surface area contributed by atoms with Crippen molar-refractivity contribution in [2.45, 2.75) is 104 Å². The van der Waals surface area contributed by atoms with Crippen LogP contribution < -0.4 is 26.6 Å². The summed E-state index contributed by atoms with van der Waals surface area (Å²) in [6.07, 6.45) is 1.18. The van der Waals surface area contributed by atoms with Crippen molar-refractivity contribution in [3.63, 3.8) is 0 Å². The first-order valence-electron chi connectivity index (χ1n) is 14.4. The number of carbonyl (C=O) groups is 5. The summed E-state index contributed by atoms with van der Waals surface area (Å²) in [5.41, 5.74) is 0.828. The number of hydrogen-bond acceptors (Lipinski definition) is 5. The maximum Gasteiger partial charge on any atom is 0.243 e. The molecule has 1 aliphatic heterocycles. The first kappa shape index (κ1) is 32.8. The minimum Gasteiger partial charge on any atom is -0.343 e. The smallest absolute Gasteiger partial charge is 0.243 e. The zero-order valence-electron chi connectivity index (χ0n) is 24.9. The van der Waals surface area contributed by atoms with Gasteiger partial charge in [-0.25, -0.2) is 0 Å². The third-order valence-corrected chi connectivity index (χ3v) is 6.88. The third kappa shape index (κ3) is 9.95. The second-order valence-electron chi connectivity index (χ2n) is 11.8. The quantitative estimate of drug-likeness (QED) is 0.331.